The van der Waals surface area contributed by atoms with E-state index in [1.807, 2.05) is 19.9 Å². The summed E-state index contributed by atoms with van der Waals surface area (Å²) < 4.78 is 0. The Morgan fingerprint density at radius 1 is 1.19 bits per heavy atom. The number of benzene rings is 1. The third-order valence-electron chi connectivity index (χ3n) is 2.80. The monoisotopic (exact) mass is 286 g/mol. The van der Waals surface area contributed by atoms with Crippen LogP contribution in [0.25, 0.3) is 0 Å². The maximum absolute atomic E-state index is 11.7. The summed E-state index contributed by atoms with van der Waals surface area (Å²) in [7, 11) is 0. The van der Waals surface area contributed by atoms with Crippen molar-refractivity contribution < 1.29 is 9.90 Å². The quantitative estimate of drug-likeness (QED) is 0.703. The molecule has 0 aliphatic carbocycles. The van der Waals surface area contributed by atoms with Crippen LogP contribution in [0.4, 0.5) is 4.79 Å². The zero-order valence-corrected chi connectivity index (χ0v) is 12.6. The van der Waals surface area contributed by atoms with E-state index in [0.29, 0.717) is 13.1 Å². The fourth-order valence-corrected chi connectivity index (χ4v) is 1.66. The van der Waals surface area contributed by atoms with Crippen molar-refractivity contribution in [3.63, 3.8) is 0 Å². The SMILES string of the molecule is C=C(C)/C=C(/CNC(=O)NCc1ccc(O)cc1)C(=C)C. The normalized spacial score (nSPS) is 10.9. The molecule has 112 valence electrons. The highest BCUT2D eigenvalue weighted by atomic mass is 16.3. The molecule has 0 bridgehead atoms. The fourth-order valence-electron chi connectivity index (χ4n) is 1.66. The van der Waals surface area contributed by atoms with Gasteiger partial charge in [-0.25, -0.2) is 4.79 Å². The summed E-state index contributed by atoms with van der Waals surface area (Å²) in [5.41, 5.74) is 3.68. The highest BCUT2D eigenvalue weighted by molar-refractivity contribution is 5.74. The minimum Gasteiger partial charge on any atom is -0.508 e. The van der Waals surface area contributed by atoms with Gasteiger partial charge >= 0.3 is 6.03 Å². The number of amides is 2. The molecule has 0 aromatic heterocycles. The van der Waals surface area contributed by atoms with E-state index < -0.39 is 0 Å². The van der Waals surface area contributed by atoms with Crippen LogP contribution in [0.15, 0.2) is 60.2 Å². The lowest BCUT2D eigenvalue weighted by Gasteiger charge is -2.11. The van der Waals surface area contributed by atoms with Crippen molar-refractivity contribution in [3.8, 4) is 5.75 Å². The predicted molar refractivity (Wildman–Crippen MR) is 86.1 cm³/mol. The van der Waals surface area contributed by atoms with Crippen molar-refractivity contribution in [2.45, 2.75) is 20.4 Å². The van der Waals surface area contributed by atoms with Gasteiger partial charge in [0, 0.05) is 13.1 Å². The van der Waals surface area contributed by atoms with Gasteiger partial charge in [-0.2, -0.15) is 0 Å². The number of urea groups is 1. The van der Waals surface area contributed by atoms with E-state index in [0.717, 1.165) is 22.3 Å². The van der Waals surface area contributed by atoms with Gasteiger partial charge < -0.3 is 15.7 Å². The van der Waals surface area contributed by atoms with Crippen LogP contribution in [0.3, 0.4) is 0 Å². The Morgan fingerprint density at radius 3 is 2.33 bits per heavy atom. The standard InChI is InChI=1S/C17H22N2O2/c1-12(2)9-15(13(3)4)11-19-17(21)18-10-14-5-7-16(20)8-6-14/h5-9,20H,1,3,10-11H2,2,4H3,(H2,18,19,21)/b15-9-. The lowest BCUT2D eigenvalue weighted by Crippen LogP contribution is -2.36. The van der Waals surface area contributed by atoms with E-state index in [9.17, 15) is 9.90 Å². The van der Waals surface area contributed by atoms with Crippen LogP contribution < -0.4 is 10.6 Å². The molecule has 0 heterocycles. The first-order valence-electron chi connectivity index (χ1n) is 6.70. The summed E-state index contributed by atoms with van der Waals surface area (Å²) in [6.45, 7) is 12.3. The number of carbonyl (C=O) groups excluding carboxylic acids is 1. The summed E-state index contributed by atoms with van der Waals surface area (Å²) in [6, 6.07) is 6.44. The largest absolute Gasteiger partial charge is 0.508 e. The van der Waals surface area contributed by atoms with Crippen molar-refractivity contribution in [2.75, 3.05) is 6.54 Å². The topological polar surface area (TPSA) is 61.4 Å². The lowest BCUT2D eigenvalue weighted by atomic mass is 10.1. The molecule has 0 spiro atoms. The number of nitrogens with one attached hydrogen (secondary N) is 2. The number of aromatic hydroxyl groups is 1. The smallest absolute Gasteiger partial charge is 0.315 e. The number of hydrogen-bond donors (Lipinski definition) is 3. The van der Waals surface area contributed by atoms with Gasteiger partial charge in [0.05, 0.1) is 0 Å². The fraction of sp³-hybridized carbons (Fsp3) is 0.235. The summed E-state index contributed by atoms with van der Waals surface area (Å²) in [4.78, 5) is 11.7. The average Bonchev–Trinajstić information content (AvgIpc) is 2.42. The molecule has 2 amide bonds. The molecule has 1 aromatic rings. The van der Waals surface area contributed by atoms with E-state index in [1.54, 1.807) is 24.3 Å². The Hall–Kier alpha value is -2.49. The molecule has 0 fully saturated rings. The zero-order chi connectivity index (χ0) is 15.8. The van der Waals surface area contributed by atoms with Crippen LogP contribution >= 0.6 is 0 Å². The molecule has 1 rings (SSSR count). The van der Waals surface area contributed by atoms with Crippen molar-refractivity contribution in [3.05, 3.63) is 65.8 Å². The van der Waals surface area contributed by atoms with Gasteiger partial charge in [0.1, 0.15) is 5.75 Å². The van der Waals surface area contributed by atoms with Crippen LogP contribution in [-0.4, -0.2) is 17.7 Å². The van der Waals surface area contributed by atoms with Gasteiger partial charge in [0.25, 0.3) is 0 Å². The van der Waals surface area contributed by atoms with E-state index in [2.05, 4.69) is 23.8 Å². The summed E-state index contributed by atoms with van der Waals surface area (Å²) in [5, 5.41) is 14.7. The van der Waals surface area contributed by atoms with Gasteiger partial charge in [0.15, 0.2) is 0 Å². The number of hydrogen-bond acceptors (Lipinski definition) is 2. The number of phenolic OH excluding ortho intramolecular Hbond substituents is 1. The molecule has 0 unspecified atom stereocenters. The predicted octanol–water partition coefficient (Wildman–Crippen LogP) is 3.27. The van der Waals surface area contributed by atoms with Crippen LogP contribution in [0, 0.1) is 0 Å². The number of phenols is 1. The first-order chi connectivity index (χ1) is 9.88. The molecular formula is C17H22N2O2. The first-order valence-corrected chi connectivity index (χ1v) is 6.70. The van der Waals surface area contributed by atoms with Crippen molar-refractivity contribution in [2.24, 2.45) is 0 Å². The molecular weight excluding hydrogens is 264 g/mol. The Bertz CT molecular complexity index is 557. The summed E-state index contributed by atoms with van der Waals surface area (Å²) >= 11 is 0. The molecule has 0 atom stereocenters. The second kappa shape index (κ2) is 7.94. The van der Waals surface area contributed by atoms with E-state index in [1.165, 1.54) is 0 Å². The second-order valence-electron chi connectivity index (χ2n) is 5.00. The van der Waals surface area contributed by atoms with Crippen LogP contribution in [0.5, 0.6) is 5.75 Å². The number of carbonyl (C=O) groups is 1. The van der Waals surface area contributed by atoms with Crippen molar-refractivity contribution >= 4 is 6.03 Å². The summed E-state index contributed by atoms with van der Waals surface area (Å²) in [5.74, 6) is 0.208. The van der Waals surface area contributed by atoms with Crippen LogP contribution in [0.2, 0.25) is 0 Å². The number of rotatable bonds is 6. The molecule has 4 heteroatoms. The van der Waals surface area contributed by atoms with Gasteiger partial charge in [0.2, 0.25) is 0 Å². The molecule has 4 nitrogen and oxygen atoms in total. The lowest BCUT2D eigenvalue weighted by molar-refractivity contribution is 0.241. The molecule has 0 aliphatic heterocycles. The van der Waals surface area contributed by atoms with E-state index in [-0.39, 0.29) is 11.8 Å². The molecule has 21 heavy (non-hydrogen) atoms. The maximum Gasteiger partial charge on any atom is 0.315 e. The van der Waals surface area contributed by atoms with Crippen LogP contribution in [0.1, 0.15) is 19.4 Å². The van der Waals surface area contributed by atoms with E-state index >= 15 is 0 Å². The van der Waals surface area contributed by atoms with Crippen molar-refractivity contribution in [1.82, 2.24) is 10.6 Å². The highest BCUT2D eigenvalue weighted by Crippen LogP contribution is 2.10. The minimum absolute atomic E-state index is 0.208. The minimum atomic E-state index is -0.253. The molecule has 1 aromatic carbocycles. The van der Waals surface area contributed by atoms with Gasteiger partial charge in [-0.05, 0) is 37.1 Å². The molecule has 3 N–H and O–H groups in total. The number of allylic oxidation sites excluding steroid dienone is 2. The van der Waals surface area contributed by atoms with Gasteiger partial charge in [-0.1, -0.05) is 42.5 Å². The Morgan fingerprint density at radius 2 is 1.81 bits per heavy atom. The van der Waals surface area contributed by atoms with Gasteiger partial charge in [-0.3, -0.25) is 0 Å². The van der Waals surface area contributed by atoms with Crippen molar-refractivity contribution in [1.29, 1.82) is 0 Å². The van der Waals surface area contributed by atoms with Gasteiger partial charge in [-0.15, -0.1) is 0 Å². The molecule has 0 saturated heterocycles. The third kappa shape index (κ3) is 6.47. The second-order valence-corrected chi connectivity index (χ2v) is 5.00. The maximum atomic E-state index is 11.7. The first kappa shape index (κ1) is 16.6. The Kier molecular flexibility index (Phi) is 6.27. The average molecular weight is 286 g/mol. The highest BCUT2D eigenvalue weighted by Gasteiger charge is 2.03. The summed E-state index contributed by atoms with van der Waals surface area (Å²) in [6.07, 6.45) is 1.91. The third-order valence-corrected chi connectivity index (χ3v) is 2.80. The van der Waals surface area contributed by atoms with E-state index in [4.69, 9.17) is 0 Å². The zero-order valence-electron chi connectivity index (χ0n) is 12.6. The molecule has 0 radical (unpaired) electrons. The Labute approximate surface area is 125 Å². The van der Waals surface area contributed by atoms with Crippen LogP contribution in [-0.2, 0) is 6.54 Å². The Balaban J connectivity index is 2.45. The molecule has 0 saturated carbocycles. The molecule has 0 aliphatic rings.